The highest BCUT2D eigenvalue weighted by Crippen LogP contribution is 2.28. The normalized spacial score (nSPS) is 15.7. The van der Waals surface area contributed by atoms with E-state index >= 15 is 0 Å². The van der Waals surface area contributed by atoms with Gasteiger partial charge < -0.3 is 9.64 Å². The lowest BCUT2D eigenvalue weighted by molar-refractivity contribution is -0.151. The lowest BCUT2D eigenvalue weighted by Gasteiger charge is -2.31. The third kappa shape index (κ3) is 7.35. The van der Waals surface area contributed by atoms with Gasteiger partial charge in [0.25, 0.3) is 0 Å². The number of hydrogen-bond donors (Lipinski definition) is 0. The predicted molar refractivity (Wildman–Crippen MR) is 158 cm³/mol. The quantitative estimate of drug-likeness (QED) is 0.227. The van der Waals surface area contributed by atoms with Crippen LogP contribution < -0.4 is 0 Å². The highest BCUT2D eigenvalue weighted by molar-refractivity contribution is 7.99. The minimum absolute atomic E-state index is 0.0767. The van der Waals surface area contributed by atoms with Gasteiger partial charge in [-0.05, 0) is 37.5 Å². The number of aromatic nitrogens is 3. The smallest absolute Gasteiger partial charge is 0.310 e. The van der Waals surface area contributed by atoms with Gasteiger partial charge in [0.1, 0.15) is 0 Å². The molecule has 0 bridgehead atoms. The number of amides is 1. The zero-order chi connectivity index (χ0) is 29.4. The molecule has 1 saturated heterocycles. The summed E-state index contributed by atoms with van der Waals surface area (Å²) in [6.45, 7) is 7.88. The van der Waals surface area contributed by atoms with Crippen molar-refractivity contribution in [1.82, 2.24) is 24.0 Å². The molecule has 0 N–H and O–H groups in total. The number of carbonyl (C=O) groups excluding carboxylic acids is 2. The average molecular weight is 600 g/mol. The molecule has 1 atom stereocenters. The van der Waals surface area contributed by atoms with Crippen LogP contribution in [0.2, 0.25) is 0 Å². The number of nitrogens with zero attached hydrogens (tertiary/aromatic N) is 5. The van der Waals surface area contributed by atoms with Crippen LogP contribution in [-0.2, 0) is 30.9 Å². The first kappa shape index (κ1) is 30.7. The third-order valence-corrected chi connectivity index (χ3v) is 10.1. The maximum absolute atomic E-state index is 13.2. The van der Waals surface area contributed by atoms with Crippen molar-refractivity contribution in [2.45, 2.75) is 50.2 Å². The van der Waals surface area contributed by atoms with Crippen molar-refractivity contribution in [3.05, 3.63) is 60.2 Å². The number of benzene rings is 2. The van der Waals surface area contributed by atoms with Gasteiger partial charge in [0.2, 0.25) is 15.9 Å². The topological polar surface area (TPSA) is 115 Å². The standard InChI is InChI=1S/C29H37N5O5S2/c1-4-33(5-2)41(37,38)25-16-10-14-23(18-25)27-30-31-29(34(27)19-22-12-8-7-9-13-22)40-21-26(35)32-17-11-15-24(20-32)28(36)39-6-3/h7-10,12-14,16,18,24H,4-6,11,15,17,19-21H2,1-3H3/t24-/m0/s1. The Labute approximate surface area is 246 Å². The lowest BCUT2D eigenvalue weighted by atomic mass is 9.98. The number of ether oxygens (including phenoxy) is 1. The van der Waals surface area contributed by atoms with Gasteiger partial charge in [0.05, 0.1) is 29.7 Å². The van der Waals surface area contributed by atoms with Crippen molar-refractivity contribution in [3.63, 3.8) is 0 Å². The first-order chi connectivity index (χ1) is 19.8. The fourth-order valence-corrected chi connectivity index (χ4v) is 7.24. The number of likely N-dealkylation sites (tertiary alicyclic amines) is 1. The van der Waals surface area contributed by atoms with E-state index in [4.69, 9.17) is 4.74 Å². The minimum atomic E-state index is -3.66. The van der Waals surface area contributed by atoms with E-state index in [1.807, 2.05) is 54.8 Å². The van der Waals surface area contributed by atoms with Crippen molar-refractivity contribution in [1.29, 1.82) is 0 Å². The van der Waals surface area contributed by atoms with Crippen LogP contribution in [0.4, 0.5) is 0 Å². The summed E-state index contributed by atoms with van der Waals surface area (Å²) < 4.78 is 34.9. The van der Waals surface area contributed by atoms with Gasteiger partial charge in [-0.1, -0.05) is 68.1 Å². The third-order valence-electron chi connectivity index (χ3n) is 7.05. The molecule has 0 unspecified atom stereocenters. The van der Waals surface area contributed by atoms with E-state index in [2.05, 4.69) is 10.2 Å². The van der Waals surface area contributed by atoms with Crippen LogP contribution in [0.5, 0.6) is 0 Å². The van der Waals surface area contributed by atoms with Crippen molar-refractivity contribution in [2.24, 2.45) is 5.92 Å². The molecule has 1 amide bonds. The average Bonchev–Trinajstić information content (AvgIpc) is 3.39. The van der Waals surface area contributed by atoms with Crippen molar-refractivity contribution in [3.8, 4) is 11.4 Å². The van der Waals surface area contributed by atoms with Gasteiger partial charge in [-0.25, -0.2) is 8.42 Å². The summed E-state index contributed by atoms with van der Waals surface area (Å²) in [4.78, 5) is 27.3. The SMILES string of the molecule is CCOC(=O)[C@H]1CCCN(C(=O)CSc2nnc(-c3cccc(S(=O)(=O)N(CC)CC)c3)n2Cc2ccccc2)C1. The van der Waals surface area contributed by atoms with E-state index in [-0.39, 0.29) is 28.4 Å². The molecule has 1 fully saturated rings. The van der Waals surface area contributed by atoms with Crippen LogP contribution in [0.1, 0.15) is 39.2 Å². The second-order valence-electron chi connectivity index (χ2n) is 9.71. The molecule has 12 heteroatoms. The molecule has 1 aromatic heterocycles. The Kier molecular flexibility index (Phi) is 10.6. The molecule has 2 heterocycles. The minimum Gasteiger partial charge on any atom is -0.466 e. The molecule has 3 aromatic rings. The van der Waals surface area contributed by atoms with Crippen LogP contribution in [-0.4, -0.2) is 82.8 Å². The summed E-state index contributed by atoms with van der Waals surface area (Å²) in [5, 5.41) is 9.39. The molecule has 10 nitrogen and oxygen atoms in total. The first-order valence-electron chi connectivity index (χ1n) is 13.9. The van der Waals surface area contributed by atoms with E-state index < -0.39 is 10.0 Å². The van der Waals surface area contributed by atoms with Crippen LogP contribution >= 0.6 is 11.8 Å². The molecule has 1 aliphatic heterocycles. The maximum atomic E-state index is 13.2. The Balaban J connectivity index is 1.59. The molecule has 220 valence electrons. The first-order valence-corrected chi connectivity index (χ1v) is 16.4. The summed E-state index contributed by atoms with van der Waals surface area (Å²) in [6, 6.07) is 16.6. The zero-order valence-corrected chi connectivity index (χ0v) is 25.4. The van der Waals surface area contributed by atoms with E-state index in [9.17, 15) is 18.0 Å². The lowest BCUT2D eigenvalue weighted by Crippen LogP contribution is -2.43. The number of rotatable bonds is 12. The summed E-state index contributed by atoms with van der Waals surface area (Å²) >= 11 is 1.28. The van der Waals surface area contributed by atoms with Crippen LogP contribution in [0, 0.1) is 5.92 Å². The number of carbonyl (C=O) groups is 2. The number of thioether (sulfide) groups is 1. The van der Waals surface area contributed by atoms with Gasteiger partial charge in [-0.3, -0.25) is 14.2 Å². The predicted octanol–water partition coefficient (Wildman–Crippen LogP) is 3.92. The van der Waals surface area contributed by atoms with E-state index in [1.165, 1.54) is 16.1 Å². The number of sulfonamides is 1. The largest absolute Gasteiger partial charge is 0.466 e. The molecular weight excluding hydrogens is 562 g/mol. The van der Waals surface area contributed by atoms with Gasteiger partial charge in [0, 0.05) is 31.7 Å². The van der Waals surface area contributed by atoms with Gasteiger partial charge >= 0.3 is 5.97 Å². The second kappa shape index (κ2) is 14.1. The molecule has 0 saturated carbocycles. The van der Waals surface area contributed by atoms with Crippen molar-refractivity contribution in [2.75, 3.05) is 38.5 Å². The highest BCUT2D eigenvalue weighted by atomic mass is 32.2. The Morgan fingerprint density at radius 3 is 2.51 bits per heavy atom. The molecule has 1 aliphatic rings. The number of piperidine rings is 1. The molecule has 2 aromatic carbocycles. The summed E-state index contributed by atoms with van der Waals surface area (Å²) in [5.41, 5.74) is 1.63. The van der Waals surface area contributed by atoms with E-state index in [0.717, 1.165) is 12.0 Å². The van der Waals surface area contributed by atoms with Gasteiger partial charge in [0.15, 0.2) is 11.0 Å². The highest BCUT2D eigenvalue weighted by Gasteiger charge is 2.30. The Morgan fingerprint density at radius 2 is 1.80 bits per heavy atom. The number of esters is 1. The van der Waals surface area contributed by atoms with Crippen molar-refractivity contribution >= 4 is 33.7 Å². The molecular formula is C29H37N5O5S2. The molecule has 0 spiro atoms. The molecule has 4 rings (SSSR count). The number of hydrogen-bond acceptors (Lipinski definition) is 8. The monoisotopic (exact) mass is 599 g/mol. The summed E-state index contributed by atoms with van der Waals surface area (Å²) in [7, 11) is -3.66. The maximum Gasteiger partial charge on any atom is 0.310 e. The van der Waals surface area contributed by atoms with Crippen LogP contribution in [0.15, 0.2) is 64.6 Å². The second-order valence-corrected chi connectivity index (χ2v) is 12.6. The van der Waals surface area contributed by atoms with Gasteiger partial charge in [-0.15, -0.1) is 10.2 Å². The fourth-order valence-electron chi connectivity index (χ4n) is 4.90. The summed E-state index contributed by atoms with van der Waals surface area (Å²) in [6.07, 6.45) is 1.47. The van der Waals surface area contributed by atoms with Crippen LogP contribution in [0.3, 0.4) is 0 Å². The molecule has 0 aliphatic carbocycles. The molecule has 41 heavy (non-hydrogen) atoms. The summed E-state index contributed by atoms with van der Waals surface area (Å²) in [5.74, 6) is 0.0210. The Bertz CT molecular complexity index is 1440. The van der Waals surface area contributed by atoms with Gasteiger partial charge in [-0.2, -0.15) is 4.31 Å². The van der Waals surface area contributed by atoms with E-state index in [0.29, 0.717) is 62.3 Å². The zero-order valence-electron chi connectivity index (χ0n) is 23.7. The van der Waals surface area contributed by atoms with E-state index in [1.54, 1.807) is 30.0 Å². The fraction of sp³-hybridized carbons (Fsp3) is 0.448. The van der Waals surface area contributed by atoms with Crippen molar-refractivity contribution < 1.29 is 22.7 Å². The molecule has 0 radical (unpaired) electrons. The Morgan fingerprint density at radius 1 is 1.05 bits per heavy atom. The van der Waals surface area contributed by atoms with Crippen LogP contribution in [0.25, 0.3) is 11.4 Å². The Hall–Kier alpha value is -3.22.